The summed E-state index contributed by atoms with van der Waals surface area (Å²) in [6.07, 6.45) is 3.31. The first kappa shape index (κ1) is 13.0. The zero-order valence-electron chi connectivity index (χ0n) is 10.9. The van der Waals surface area contributed by atoms with Crippen LogP contribution in [0.4, 0.5) is 0 Å². The van der Waals surface area contributed by atoms with Gasteiger partial charge in [-0.2, -0.15) is 0 Å². The fourth-order valence-electron chi connectivity index (χ4n) is 2.56. The number of ketones is 1. The van der Waals surface area contributed by atoms with Crippen molar-refractivity contribution in [3.63, 3.8) is 0 Å². The largest absolute Gasteiger partial charge is 0.295 e. The van der Waals surface area contributed by atoms with Gasteiger partial charge in [0.1, 0.15) is 0 Å². The first-order chi connectivity index (χ1) is 7.31. The lowest BCUT2D eigenvalue weighted by Gasteiger charge is -2.40. The van der Waals surface area contributed by atoms with Gasteiger partial charge in [0.15, 0.2) is 5.78 Å². The van der Waals surface area contributed by atoms with E-state index in [-0.39, 0.29) is 11.2 Å². The van der Waals surface area contributed by atoms with Crippen molar-refractivity contribution in [2.24, 2.45) is 11.3 Å². The van der Waals surface area contributed by atoms with E-state index in [4.69, 9.17) is 0 Å². The Labute approximate surface area is 98.9 Å². The molecule has 1 aliphatic rings. The highest BCUT2D eigenvalue weighted by atomic mass is 16.1. The summed E-state index contributed by atoms with van der Waals surface area (Å²) in [6, 6.07) is 0. The molecule has 0 heterocycles. The van der Waals surface area contributed by atoms with Crippen molar-refractivity contribution >= 4 is 5.78 Å². The molecule has 88 valence electrons. The third-order valence-electron chi connectivity index (χ3n) is 3.75. The third-order valence-corrected chi connectivity index (χ3v) is 3.75. The normalized spacial score (nSPS) is 30.1. The molecule has 16 heavy (non-hydrogen) atoms. The van der Waals surface area contributed by atoms with E-state index in [2.05, 4.69) is 20.1 Å². The molecule has 0 N–H and O–H groups in total. The molecule has 1 heteroatoms. The molecule has 1 aliphatic carbocycles. The summed E-state index contributed by atoms with van der Waals surface area (Å²) in [7, 11) is 0. The number of allylic oxidation sites excluding steroid dienone is 4. The predicted molar refractivity (Wildman–Crippen MR) is 69.2 cm³/mol. The van der Waals surface area contributed by atoms with Crippen molar-refractivity contribution in [3.8, 4) is 0 Å². The molecule has 0 aromatic carbocycles. The second-order valence-electron chi connectivity index (χ2n) is 5.39. The fraction of sp³-hybridized carbons (Fsp3) is 0.533. The van der Waals surface area contributed by atoms with Crippen LogP contribution >= 0.6 is 0 Å². The van der Waals surface area contributed by atoms with Crippen LogP contribution < -0.4 is 0 Å². The maximum Gasteiger partial charge on any atom is 0.159 e. The van der Waals surface area contributed by atoms with Gasteiger partial charge >= 0.3 is 0 Å². The Kier molecular flexibility index (Phi) is 3.57. The molecule has 1 nitrogen and oxygen atoms in total. The molecule has 2 atom stereocenters. The van der Waals surface area contributed by atoms with E-state index in [9.17, 15) is 4.79 Å². The summed E-state index contributed by atoms with van der Waals surface area (Å²) >= 11 is 0. The van der Waals surface area contributed by atoms with Crippen molar-refractivity contribution in [1.82, 2.24) is 0 Å². The number of Topliss-reactive ketones (excluding diaryl/α,β-unsaturated/α-hetero) is 1. The highest BCUT2D eigenvalue weighted by molar-refractivity contribution is 5.97. The quantitative estimate of drug-likeness (QED) is 0.504. The summed E-state index contributed by atoms with van der Waals surface area (Å²) in [6.45, 7) is 16.1. The van der Waals surface area contributed by atoms with Crippen LogP contribution in [-0.4, -0.2) is 5.78 Å². The molecule has 0 bridgehead atoms. The first-order valence-electron chi connectivity index (χ1n) is 5.80. The molecule has 0 saturated heterocycles. The SMILES string of the molecule is C=CC1(C)CC(=O)C(=C(C)C)CC1C(=C)C. The predicted octanol–water partition coefficient (Wildman–Crippen LogP) is 4.07. The molecule has 1 saturated carbocycles. The summed E-state index contributed by atoms with van der Waals surface area (Å²) in [4.78, 5) is 12.0. The van der Waals surface area contributed by atoms with Gasteiger partial charge in [-0.1, -0.05) is 30.7 Å². The summed E-state index contributed by atoms with van der Waals surface area (Å²) < 4.78 is 0. The van der Waals surface area contributed by atoms with Crippen molar-refractivity contribution in [3.05, 3.63) is 36.0 Å². The number of hydrogen-bond donors (Lipinski definition) is 0. The Hall–Kier alpha value is -1.11. The van der Waals surface area contributed by atoms with Crippen LogP contribution in [0, 0.1) is 11.3 Å². The monoisotopic (exact) mass is 218 g/mol. The topological polar surface area (TPSA) is 17.1 Å². The summed E-state index contributed by atoms with van der Waals surface area (Å²) in [5.74, 6) is 0.618. The molecule has 1 rings (SSSR count). The minimum atomic E-state index is -0.123. The maximum absolute atomic E-state index is 12.0. The van der Waals surface area contributed by atoms with Gasteiger partial charge in [-0.25, -0.2) is 0 Å². The Bertz CT molecular complexity index is 369. The molecule has 0 amide bonds. The molecule has 0 aliphatic heterocycles. The van der Waals surface area contributed by atoms with Crippen LogP contribution in [0.1, 0.15) is 40.5 Å². The van der Waals surface area contributed by atoms with Crippen LogP contribution in [0.15, 0.2) is 36.0 Å². The van der Waals surface area contributed by atoms with E-state index in [1.165, 1.54) is 0 Å². The number of carbonyl (C=O) groups is 1. The molecule has 0 radical (unpaired) electrons. The Morgan fingerprint density at radius 1 is 1.44 bits per heavy atom. The molecular weight excluding hydrogens is 196 g/mol. The van der Waals surface area contributed by atoms with Gasteiger partial charge in [0.05, 0.1) is 0 Å². The average molecular weight is 218 g/mol. The third kappa shape index (κ3) is 2.18. The Balaban J connectivity index is 3.15. The van der Waals surface area contributed by atoms with Gasteiger partial charge in [0.2, 0.25) is 0 Å². The van der Waals surface area contributed by atoms with Gasteiger partial charge in [0, 0.05) is 6.42 Å². The molecule has 0 aromatic heterocycles. The second-order valence-corrected chi connectivity index (χ2v) is 5.39. The van der Waals surface area contributed by atoms with Crippen LogP contribution in [-0.2, 0) is 4.79 Å². The molecular formula is C15H22O. The van der Waals surface area contributed by atoms with E-state index >= 15 is 0 Å². The van der Waals surface area contributed by atoms with Gasteiger partial charge in [-0.15, -0.1) is 6.58 Å². The van der Waals surface area contributed by atoms with Gasteiger partial charge in [-0.05, 0) is 44.1 Å². The Morgan fingerprint density at radius 2 is 2.00 bits per heavy atom. The number of rotatable bonds is 2. The highest BCUT2D eigenvalue weighted by Crippen LogP contribution is 2.46. The first-order valence-corrected chi connectivity index (χ1v) is 5.80. The second kappa shape index (κ2) is 4.40. The van der Waals surface area contributed by atoms with Crippen LogP contribution in [0.3, 0.4) is 0 Å². The summed E-state index contributed by atoms with van der Waals surface area (Å²) in [5, 5.41) is 0. The minimum absolute atomic E-state index is 0.123. The van der Waals surface area contributed by atoms with Crippen molar-refractivity contribution in [2.75, 3.05) is 0 Å². The average Bonchev–Trinajstić information content (AvgIpc) is 2.16. The standard InChI is InChI=1S/C15H22O/c1-7-15(6)9-14(16)12(10(2)3)8-13(15)11(4)5/h7,13H,1,4,8-9H2,2-3,5-6H3. The van der Waals surface area contributed by atoms with Crippen molar-refractivity contribution < 1.29 is 4.79 Å². The van der Waals surface area contributed by atoms with Gasteiger partial charge in [-0.3, -0.25) is 4.79 Å². The van der Waals surface area contributed by atoms with Gasteiger partial charge < -0.3 is 0 Å². The molecule has 2 unspecified atom stereocenters. The smallest absolute Gasteiger partial charge is 0.159 e. The highest BCUT2D eigenvalue weighted by Gasteiger charge is 2.40. The van der Waals surface area contributed by atoms with E-state index < -0.39 is 0 Å². The lowest BCUT2D eigenvalue weighted by atomic mass is 9.63. The lowest BCUT2D eigenvalue weighted by molar-refractivity contribution is -0.119. The van der Waals surface area contributed by atoms with E-state index in [1.54, 1.807) is 0 Å². The van der Waals surface area contributed by atoms with Crippen LogP contribution in [0.2, 0.25) is 0 Å². The van der Waals surface area contributed by atoms with Gasteiger partial charge in [0.25, 0.3) is 0 Å². The Morgan fingerprint density at radius 3 is 2.38 bits per heavy atom. The van der Waals surface area contributed by atoms with E-state index in [0.717, 1.165) is 23.1 Å². The summed E-state index contributed by atoms with van der Waals surface area (Å²) in [5.41, 5.74) is 3.16. The molecule has 0 aromatic rings. The van der Waals surface area contributed by atoms with Crippen LogP contribution in [0.25, 0.3) is 0 Å². The maximum atomic E-state index is 12.0. The zero-order chi connectivity index (χ0) is 12.5. The van der Waals surface area contributed by atoms with E-state index in [1.807, 2.05) is 26.8 Å². The lowest BCUT2D eigenvalue weighted by Crippen LogP contribution is -2.35. The fourth-order valence-corrected chi connectivity index (χ4v) is 2.56. The van der Waals surface area contributed by atoms with Crippen molar-refractivity contribution in [2.45, 2.75) is 40.5 Å². The minimum Gasteiger partial charge on any atom is -0.295 e. The molecule has 0 spiro atoms. The van der Waals surface area contributed by atoms with E-state index in [0.29, 0.717) is 12.3 Å². The molecule has 1 fully saturated rings. The number of carbonyl (C=O) groups excluding carboxylic acids is 1. The number of hydrogen-bond acceptors (Lipinski definition) is 1. The van der Waals surface area contributed by atoms with Crippen LogP contribution in [0.5, 0.6) is 0 Å². The van der Waals surface area contributed by atoms with Crippen molar-refractivity contribution in [1.29, 1.82) is 0 Å². The zero-order valence-corrected chi connectivity index (χ0v) is 10.9.